The van der Waals surface area contributed by atoms with Crippen molar-refractivity contribution in [2.45, 2.75) is 59.4 Å². The van der Waals surface area contributed by atoms with Crippen molar-refractivity contribution in [3.63, 3.8) is 0 Å². The van der Waals surface area contributed by atoms with Gasteiger partial charge in [-0.05, 0) is 55.7 Å². The van der Waals surface area contributed by atoms with E-state index in [2.05, 4.69) is 67.5 Å². The van der Waals surface area contributed by atoms with Gasteiger partial charge in [0.1, 0.15) is 11.1 Å². The highest BCUT2D eigenvalue weighted by Gasteiger charge is 2.22. The van der Waals surface area contributed by atoms with Crippen LogP contribution in [0.5, 0.6) is 0 Å². The third kappa shape index (κ3) is 8.05. The molecule has 2 aromatic rings. The lowest BCUT2D eigenvalue weighted by Gasteiger charge is -2.32. The average molecular weight is 495 g/mol. The van der Waals surface area contributed by atoms with Gasteiger partial charge < -0.3 is 20.1 Å². The molecule has 0 unspecified atom stereocenters. The van der Waals surface area contributed by atoms with Crippen LogP contribution in [-0.2, 0) is 6.54 Å². The van der Waals surface area contributed by atoms with Crippen molar-refractivity contribution < 1.29 is 9.59 Å². The first kappa shape index (κ1) is 27.7. The fourth-order valence-electron chi connectivity index (χ4n) is 4.69. The number of hydrogen-bond acceptors (Lipinski definition) is 4. The second-order valence-electron chi connectivity index (χ2n) is 10.7. The molecule has 7 heteroatoms. The highest BCUT2D eigenvalue weighted by atomic mass is 16.2. The van der Waals surface area contributed by atoms with Crippen molar-refractivity contribution >= 4 is 11.8 Å². The van der Waals surface area contributed by atoms with Crippen molar-refractivity contribution in [1.82, 2.24) is 20.1 Å². The zero-order chi connectivity index (χ0) is 26.1. The lowest BCUT2D eigenvalue weighted by Crippen LogP contribution is -2.41. The zero-order valence-corrected chi connectivity index (χ0v) is 22.3. The minimum Gasteiger partial charge on any atom is -0.352 e. The van der Waals surface area contributed by atoms with E-state index in [4.69, 9.17) is 0 Å². The van der Waals surface area contributed by atoms with E-state index in [1.54, 1.807) is 17.0 Å². The number of aromatic nitrogens is 1. The molecule has 2 heterocycles. The molecule has 0 atom stereocenters. The van der Waals surface area contributed by atoms with Crippen LogP contribution < -0.4 is 16.1 Å². The molecule has 1 aromatic heterocycles. The van der Waals surface area contributed by atoms with Crippen molar-refractivity contribution in [2.24, 2.45) is 11.8 Å². The molecule has 0 bridgehead atoms. The van der Waals surface area contributed by atoms with Crippen LogP contribution in [0.2, 0.25) is 0 Å². The van der Waals surface area contributed by atoms with E-state index >= 15 is 0 Å². The van der Waals surface area contributed by atoms with E-state index in [1.807, 2.05) is 6.07 Å². The van der Waals surface area contributed by atoms with Gasteiger partial charge in [-0.1, -0.05) is 58.0 Å². The zero-order valence-electron chi connectivity index (χ0n) is 22.3. The van der Waals surface area contributed by atoms with Crippen LogP contribution in [0.3, 0.4) is 0 Å². The molecule has 0 spiro atoms. The van der Waals surface area contributed by atoms with Crippen LogP contribution >= 0.6 is 0 Å². The number of pyridine rings is 1. The Morgan fingerprint density at radius 3 is 2.03 bits per heavy atom. The van der Waals surface area contributed by atoms with Crippen molar-refractivity contribution in [3.05, 3.63) is 69.6 Å². The fraction of sp³-hybridized carbons (Fsp3) is 0.552. The Kier molecular flexibility index (Phi) is 10.3. The lowest BCUT2D eigenvalue weighted by molar-refractivity contribution is 0.0943. The summed E-state index contributed by atoms with van der Waals surface area (Å²) in [5.41, 5.74) is 0.930. The van der Waals surface area contributed by atoms with Crippen LogP contribution in [0.25, 0.3) is 0 Å². The topological polar surface area (TPSA) is 83.4 Å². The van der Waals surface area contributed by atoms with Crippen molar-refractivity contribution in [3.8, 4) is 0 Å². The van der Waals surface area contributed by atoms with E-state index in [1.165, 1.54) is 5.56 Å². The molecule has 0 saturated carbocycles. The van der Waals surface area contributed by atoms with E-state index < -0.39 is 17.2 Å². The Bertz CT molecular complexity index is 1050. The molecule has 7 nitrogen and oxygen atoms in total. The number of benzene rings is 1. The van der Waals surface area contributed by atoms with Gasteiger partial charge in [0.25, 0.3) is 11.8 Å². The van der Waals surface area contributed by atoms with Gasteiger partial charge in [0.05, 0.1) is 0 Å². The van der Waals surface area contributed by atoms with Gasteiger partial charge in [-0.15, -0.1) is 0 Å². The molecule has 1 aliphatic rings. The Morgan fingerprint density at radius 2 is 1.47 bits per heavy atom. The Labute approximate surface area is 215 Å². The molecule has 1 fully saturated rings. The summed E-state index contributed by atoms with van der Waals surface area (Å²) in [7, 11) is 0. The monoisotopic (exact) mass is 494 g/mol. The first-order valence-electron chi connectivity index (χ1n) is 13.3. The second kappa shape index (κ2) is 13.4. The maximum Gasteiger partial charge on any atom is 0.256 e. The number of likely N-dealkylation sites (tertiary alicyclic amines) is 1. The molecule has 1 saturated heterocycles. The largest absolute Gasteiger partial charge is 0.352 e. The quantitative estimate of drug-likeness (QED) is 0.497. The third-order valence-electron chi connectivity index (χ3n) is 6.72. The first-order valence-corrected chi connectivity index (χ1v) is 13.3. The predicted octanol–water partition coefficient (Wildman–Crippen LogP) is 3.89. The Hall–Kier alpha value is -2.93. The lowest BCUT2D eigenvalue weighted by atomic mass is 9.89. The molecule has 2 N–H and O–H groups in total. The number of nitrogens with one attached hydrogen (secondary N) is 2. The third-order valence-corrected chi connectivity index (χ3v) is 6.72. The summed E-state index contributed by atoms with van der Waals surface area (Å²) in [5.74, 6) is 0.497. The average Bonchev–Trinajstić information content (AvgIpc) is 2.85. The molecule has 1 aliphatic heterocycles. The molecule has 1 aromatic carbocycles. The number of rotatable bonds is 11. The first-order chi connectivity index (χ1) is 17.2. The molecule has 3 rings (SSSR count). The van der Waals surface area contributed by atoms with E-state index in [0.717, 1.165) is 38.9 Å². The summed E-state index contributed by atoms with van der Waals surface area (Å²) in [4.78, 5) is 41.2. The maximum atomic E-state index is 13.1. The molecule has 196 valence electrons. The van der Waals surface area contributed by atoms with E-state index in [0.29, 0.717) is 37.4 Å². The van der Waals surface area contributed by atoms with E-state index in [9.17, 15) is 14.4 Å². The standard InChI is InChI=1S/C29H42N4O3/c1-21(2)10-13-30-28(35)25-19-33(18-22(3)4)20-26(27(25)34)29(36)31-14-17-32-15-11-24(12-16-32)23-8-6-5-7-9-23/h5-9,19-22,24H,10-18H2,1-4H3,(H,30,35)(H,31,36). The van der Waals surface area contributed by atoms with Gasteiger partial charge in [-0.3, -0.25) is 14.4 Å². The Balaban J connectivity index is 1.59. The van der Waals surface area contributed by atoms with Gasteiger partial charge in [0.15, 0.2) is 0 Å². The molecule has 36 heavy (non-hydrogen) atoms. The number of carbonyl (C=O) groups excluding carboxylic acids is 2. The van der Waals surface area contributed by atoms with Crippen LogP contribution in [0.4, 0.5) is 0 Å². The van der Waals surface area contributed by atoms with Gasteiger partial charge in [-0.25, -0.2) is 0 Å². The number of amides is 2. The number of carbonyl (C=O) groups is 2. The number of nitrogens with zero attached hydrogens (tertiary/aromatic N) is 2. The smallest absolute Gasteiger partial charge is 0.256 e. The minimum absolute atomic E-state index is 0.0231. The molecule has 0 radical (unpaired) electrons. The number of piperidine rings is 1. The Morgan fingerprint density at radius 1 is 0.889 bits per heavy atom. The highest BCUT2D eigenvalue weighted by molar-refractivity contribution is 5.99. The van der Waals surface area contributed by atoms with Crippen LogP contribution in [0.15, 0.2) is 47.5 Å². The fourth-order valence-corrected chi connectivity index (χ4v) is 4.69. The van der Waals surface area contributed by atoms with Gasteiger partial charge >= 0.3 is 0 Å². The SMILES string of the molecule is CC(C)CCNC(=O)c1cn(CC(C)C)cc(C(=O)NCCN2CCC(c3ccccc3)CC2)c1=O. The molecule has 2 amide bonds. The van der Waals surface area contributed by atoms with Gasteiger partial charge in [0.2, 0.25) is 5.43 Å². The summed E-state index contributed by atoms with van der Waals surface area (Å²) < 4.78 is 1.78. The van der Waals surface area contributed by atoms with Gasteiger partial charge in [-0.2, -0.15) is 0 Å². The molecule has 0 aliphatic carbocycles. The normalized spacial score (nSPS) is 14.8. The second-order valence-corrected chi connectivity index (χ2v) is 10.7. The number of hydrogen-bond donors (Lipinski definition) is 2. The summed E-state index contributed by atoms with van der Waals surface area (Å²) in [6.45, 7) is 12.6. The maximum absolute atomic E-state index is 13.1. The van der Waals surface area contributed by atoms with Crippen LogP contribution in [0, 0.1) is 11.8 Å². The van der Waals surface area contributed by atoms with E-state index in [-0.39, 0.29) is 11.1 Å². The summed E-state index contributed by atoms with van der Waals surface area (Å²) >= 11 is 0. The predicted molar refractivity (Wildman–Crippen MR) is 145 cm³/mol. The minimum atomic E-state index is -0.516. The summed E-state index contributed by atoms with van der Waals surface area (Å²) in [6, 6.07) is 10.6. The van der Waals surface area contributed by atoms with Crippen molar-refractivity contribution in [1.29, 1.82) is 0 Å². The summed E-state index contributed by atoms with van der Waals surface area (Å²) in [6.07, 6.45) is 6.18. The highest BCUT2D eigenvalue weighted by Crippen LogP contribution is 2.27. The van der Waals surface area contributed by atoms with Crippen LogP contribution in [-0.4, -0.2) is 54.0 Å². The molecular formula is C29H42N4O3. The van der Waals surface area contributed by atoms with Crippen LogP contribution in [0.1, 0.15) is 79.2 Å². The van der Waals surface area contributed by atoms with Gasteiger partial charge in [0, 0.05) is 38.6 Å². The molecular weight excluding hydrogens is 452 g/mol. The summed E-state index contributed by atoms with van der Waals surface area (Å²) in [5, 5.41) is 5.74. The van der Waals surface area contributed by atoms with Crippen molar-refractivity contribution in [2.75, 3.05) is 32.7 Å².